The summed E-state index contributed by atoms with van der Waals surface area (Å²) in [6.45, 7) is 9.85. The van der Waals surface area contributed by atoms with Gasteiger partial charge >= 0.3 is 0 Å². The lowest BCUT2D eigenvalue weighted by Crippen LogP contribution is -2.52. The minimum atomic E-state index is -0.0425. The number of carbonyl (C=O) groups excluding carboxylic acids is 2. The first kappa shape index (κ1) is 19.5. The summed E-state index contributed by atoms with van der Waals surface area (Å²) in [5.41, 5.74) is 1.18. The standard InChI is InChI=1S/C20H29N3O4/c1-4-15(2)23(16(3)24)13-20(25)22-9-7-21(8-10-22)12-17-5-6-18-19(11-17)27-14-26-18/h5-6,11,15H,4,7-10,12-14H2,1-3H3. The van der Waals surface area contributed by atoms with Gasteiger partial charge in [0.2, 0.25) is 18.6 Å². The molecule has 0 aromatic heterocycles. The summed E-state index contributed by atoms with van der Waals surface area (Å²) >= 11 is 0. The topological polar surface area (TPSA) is 62.3 Å². The Morgan fingerprint density at radius 2 is 1.85 bits per heavy atom. The van der Waals surface area contributed by atoms with Gasteiger partial charge in [-0.15, -0.1) is 0 Å². The van der Waals surface area contributed by atoms with Crippen LogP contribution in [0.5, 0.6) is 11.5 Å². The minimum absolute atomic E-state index is 0.0354. The van der Waals surface area contributed by atoms with Crippen LogP contribution >= 0.6 is 0 Å². The van der Waals surface area contributed by atoms with Gasteiger partial charge in [-0.1, -0.05) is 13.0 Å². The third-order valence-corrected chi connectivity index (χ3v) is 5.40. The summed E-state index contributed by atoms with van der Waals surface area (Å²) in [6, 6.07) is 6.11. The molecule has 0 radical (unpaired) electrons. The molecule has 1 unspecified atom stereocenters. The van der Waals surface area contributed by atoms with E-state index in [0.29, 0.717) is 13.1 Å². The second kappa shape index (κ2) is 8.61. The molecule has 2 aliphatic heterocycles. The fourth-order valence-electron chi connectivity index (χ4n) is 3.50. The molecule has 2 aliphatic rings. The van der Waals surface area contributed by atoms with Gasteiger partial charge in [0.25, 0.3) is 0 Å². The van der Waals surface area contributed by atoms with Crippen LogP contribution in [0.4, 0.5) is 0 Å². The van der Waals surface area contributed by atoms with E-state index >= 15 is 0 Å². The van der Waals surface area contributed by atoms with Crippen LogP contribution in [-0.4, -0.2) is 72.1 Å². The van der Waals surface area contributed by atoms with E-state index in [9.17, 15) is 9.59 Å². The van der Waals surface area contributed by atoms with Gasteiger partial charge in [-0.2, -0.15) is 0 Å². The van der Waals surface area contributed by atoms with Crippen molar-refractivity contribution in [2.75, 3.05) is 39.5 Å². The molecule has 0 N–H and O–H groups in total. The van der Waals surface area contributed by atoms with Crippen LogP contribution in [0.2, 0.25) is 0 Å². The first-order valence-corrected chi connectivity index (χ1v) is 9.63. The van der Waals surface area contributed by atoms with E-state index < -0.39 is 0 Å². The molecule has 1 saturated heterocycles. The highest BCUT2D eigenvalue weighted by atomic mass is 16.7. The van der Waals surface area contributed by atoms with Crippen LogP contribution in [0, 0.1) is 0 Å². The Labute approximate surface area is 160 Å². The Kier molecular flexibility index (Phi) is 6.21. The van der Waals surface area contributed by atoms with Crippen LogP contribution in [0.1, 0.15) is 32.8 Å². The second-order valence-electron chi connectivity index (χ2n) is 7.25. The van der Waals surface area contributed by atoms with E-state index in [4.69, 9.17) is 9.47 Å². The fraction of sp³-hybridized carbons (Fsp3) is 0.600. The smallest absolute Gasteiger partial charge is 0.242 e. The molecule has 1 aromatic rings. The first-order valence-electron chi connectivity index (χ1n) is 9.63. The van der Waals surface area contributed by atoms with Crippen molar-refractivity contribution in [3.8, 4) is 11.5 Å². The molecular weight excluding hydrogens is 346 g/mol. The third kappa shape index (κ3) is 4.71. The second-order valence-corrected chi connectivity index (χ2v) is 7.25. The van der Waals surface area contributed by atoms with E-state index in [0.717, 1.165) is 37.6 Å². The van der Waals surface area contributed by atoms with Crippen molar-refractivity contribution < 1.29 is 19.1 Å². The van der Waals surface area contributed by atoms with Crippen molar-refractivity contribution >= 4 is 11.8 Å². The maximum absolute atomic E-state index is 12.6. The fourth-order valence-corrected chi connectivity index (χ4v) is 3.50. The van der Waals surface area contributed by atoms with Crippen molar-refractivity contribution in [1.82, 2.24) is 14.7 Å². The van der Waals surface area contributed by atoms with Crippen LogP contribution in [0.3, 0.4) is 0 Å². The summed E-state index contributed by atoms with van der Waals surface area (Å²) in [5, 5.41) is 0. The number of amides is 2. The Morgan fingerprint density at radius 3 is 2.52 bits per heavy atom. The molecule has 0 saturated carbocycles. The highest BCUT2D eigenvalue weighted by Gasteiger charge is 2.25. The SMILES string of the molecule is CCC(C)N(CC(=O)N1CCN(Cc2ccc3c(c2)OCO3)CC1)C(C)=O. The molecule has 0 bridgehead atoms. The Morgan fingerprint density at radius 1 is 1.15 bits per heavy atom. The summed E-state index contributed by atoms with van der Waals surface area (Å²) in [7, 11) is 0. The zero-order valence-corrected chi connectivity index (χ0v) is 16.4. The zero-order chi connectivity index (χ0) is 19.4. The molecule has 148 valence electrons. The van der Waals surface area contributed by atoms with Gasteiger partial charge in [0, 0.05) is 45.7 Å². The van der Waals surface area contributed by atoms with Gasteiger partial charge in [0.1, 0.15) is 0 Å². The van der Waals surface area contributed by atoms with E-state index in [2.05, 4.69) is 11.0 Å². The molecule has 2 amide bonds. The number of piperazine rings is 1. The normalized spacial score (nSPS) is 17.7. The van der Waals surface area contributed by atoms with Gasteiger partial charge in [-0.05, 0) is 31.0 Å². The molecule has 7 heteroatoms. The van der Waals surface area contributed by atoms with Gasteiger partial charge in [-0.3, -0.25) is 14.5 Å². The summed E-state index contributed by atoms with van der Waals surface area (Å²) in [4.78, 5) is 30.3. The lowest BCUT2D eigenvalue weighted by molar-refractivity contribution is -0.142. The molecule has 1 fully saturated rings. The first-order chi connectivity index (χ1) is 13.0. The maximum atomic E-state index is 12.6. The van der Waals surface area contributed by atoms with E-state index in [1.165, 1.54) is 12.5 Å². The number of carbonyl (C=O) groups is 2. The highest BCUT2D eigenvalue weighted by Crippen LogP contribution is 2.32. The highest BCUT2D eigenvalue weighted by molar-refractivity contribution is 5.84. The quantitative estimate of drug-likeness (QED) is 0.757. The molecule has 27 heavy (non-hydrogen) atoms. The number of hydrogen-bond donors (Lipinski definition) is 0. The monoisotopic (exact) mass is 375 g/mol. The Balaban J connectivity index is 1.49. The van der Waals surface area contributed by atoms with E-state index in [-0.39, 0.29) is 31.2 Å². The molecule has 0 aliphatic carbocycles. The Hall–Kier alpha value is -2.28. The number of hydrogen-bond acceptors (Lipinski definition) is 5. The predicted octanol–water partition coefficient (Wildman–Crippen LogP) is 1.71. The lowest BCUT2D eigenvalue weighted by Gasteiger charge is -2.36. The minimum Gasteiger partial charge on any atom is -0.454 e. The molecule has 2 heterocycles. The van der Waals surface area contributed by atoms with Crippen molar-refractivity contribution in [3.63, 3.8) is 0 Å². The predicted molar refractivity (Wildman–Crippen MR) is 102 cm³/mol. The summed E-state index contributed by atoms with van der Waals surface area (Å²) in [6.07, 6.45) is 0.843. The summed E-state index contributed by atoms with van der Waals surface area (Å²) < 4.78 is 10.8. The van der Waals surface area contributed by atoms with Gasteiger partial charge in [0.15, 0.2) is 11.5 Å². The molecular formula is C20H29N3O4. The largest absolute Gasteiger partial charge is 0.454 e. The van der Waals surface area contributed by atoms with Crippen molar-refractivity contribution in [3.05, 3.63) is 23.8 Å². The van der Waals surface area contributed by atoms with Crippen LogP contribution in [-0.2, 0) is 16.1 Å². The van der Waals surface area contributed by atoms with E-state index in [1.807, 2.05) is 30.9 Å². The van der Waals surface area contributed by atoms with Crippen molar-refractivity contribution in [2.45, 2.75) is 39.8 Å². The van der Waals surface area contributed by atoms with Crippen molar-refractivity contribution in [1.29, 1.82) is 0 Å². The molecule has 7 nitrogen and oxygen atoms in total. The van der Waals surface area contributed by atoms with E-state index in [1.54, 1.807) is 4.90 Å². The molecule has 0 spiro atoms. The number of nitrogens with zero attached hydrogens (tertiary/aromatic N) is 3. The number of fused-ring (bicyclic) bond motifs is 1. The number of benzene rings is 1. The van der Waals surface area contributed by atoms with Gasteiger partial charge < -0.3 is 19.3 Å². The molecule has 3 rings (SSSR count). The number of ether oxygens (including phenoxy) is 2. The maximum Gasteiger partial charge on any atom is 0.242 e. The number of rotatable bonds is 6. The lowest BCUT2D eigenvalue weighted by atomic mass is 10.1. The third-order valence-electron chi connectivity index (χ3n) is 5.40. The van der Waals surface area contributed by atoms with Crippen molar-refractivity contribution in [2.24, 2.45) is 0 Å². The van der Waals surface area contributed by atoms with Crippen LogP contribution in [0.25, 0.3) is 0 Å². The van der Waals surface area contributed by atoms with Crippen LogP contribution in [0.15, 0.2) is 18.2 Å². The summed E-state index contributed by atoms with van der Waals surface area (Å²) in [5.74, 6) is 1.59. The van der Waals surface area contributed by atoms with Gasteiger partial charge in [-0.25, -0.2) is 0 Å². The molecule has 1 atom stereocenters. The zero-order valence-electron chi connectivity index (χ0n) is 16.4. The Bertz CT molecular complexity index is 686. The van der Waals surface area contributed by atoms with Gasteiger partial charge in [0.05, 0.1) is 6.54 Å². The van der Waals surface area contributed by atoms with Crippen LogP contribution < -0.4 is 9.47 Å². The average Bonchev–Trinajstić information content (AvgIpc) is 3.13. The average molecular weight is 375 g/mol. The molecule has 1 aromatic carbocycles.